The molecule has 4 rings (SSSR count). The van der Waals surface area contributed by atoms with E-state index in [9.17, 15) is 9.59 Å². The Hall–Kier alpha value is -3.37. The van der Waals surface area contributed by atoms with Crippen LogP contribution in [0.1, 0.15) is 15.9 Å². The third-order valence-corrected chi connectivity index (χ3v) is 4.85. The van der Waals surface area contributed by atoms with E-state index in [-0.39, 0.29) is 11.0 Å². The summed E-state index contributed by atoms with van der Waals surface area (Å²) in [6.07, 6.45) is 1.46. The van der Waals surface area contributed by atoms with Gasteiger partial charge in [-0.2, -0.15) is 0 Å². The third kappa shape index (κ3) is 3.68. The third-order valence-electron chi connectivity index (χ3n) is 4.60. The number of pyridine rings is 1. The molecule has 0 aliphatic rings. The molecule has 0 spiro atoms. The van der Waals surface area contributed by atoms with E-state index in [1.165, 1.54) is 6.20 Å². The van der Waals surface area contributed by atoms with Crippen molar-refractivity contribution >= 4 is 28.4 Å². The van der Waals surface area contributed by atoms with Gasteiger partial charge in [0, 0.05) is 28.7 Å². The molecule has 0 atom stereocenters. The Morgan fingerprint density at radius 3 is 2.43 bits per heavy atom. The number of aromatic nitrogens is 1. The van der Waals surface area contributed by atoms with E-state index >= 15 is 0 Å². The van der Waals surface area contributed by atoms with Crippen molar-refractivity contribution in [2.45, 2.75) is 6.54 Å². The minimum Gasteiger partial charge on any atom is -0.360 e. The molecule has 0 aliphatic heterocycles. The number of H-pyrrole nitrogens is 1. The quantitative estimate of drug-likeness (QED) is 0.528. The summed E-state index contributed by atoms with van der Waals surface area (Å²) in [5.41, 5.74) is 3.34. The van der Waals surface area contributed by atoms with Gasteiger partial charge < -0.3 is 10.3 Å². The first kappa shape index (κ1) is 18.0. The molecule has 3 aromatic carbocycles. The normalized spacial score (nSPS) is 10.8. The number of carbonyl (C=O) groups excluding carboxylic acids is 1. The second kappa shape index (κ2) is 7.71. The van der Waals surface area contributed by atoms with E-state index in [1.807, 2.05) is 60.7 Å². The molecule has 1 heterocycles. The lowest BCUT2D eigenvalue weighted by Crippen LogP contribution is -2.28. The molecule has 0 bridgehead atoms. The highest BCUT2D eigenvalue weighted by Gasteiger charge is 2.13. The van der Waals surface area contributed by atoms with Gasteiger partial charge in [0.2, 0.25) is 5.43 Å². The summed E-state index contributed by atoms with van der Waals surface area (Å²) >= 11 is 5.87. The van der Waals surface area contributed by atoms with Crippen LogP contribution in [0.15, 0.2) is 83.8 Å². The van der Waals surface area contributed by atoms with Crippen LogP contribution in [0.2, 0.25) is 5.02 Å². The number of nitrogens with one attached hydrogen (secondary N) is 2. The second-order valence-corrected chi connectivity index (χ2v) is 6.90. The van der Waals surface area contributed by atoms with Gasteiger partial charge >= 0.3 is 0 Å². The number of benzene rings is 3. The van der Waals surface area contributed by atoms with Crippen molar-refractivity contribution in [1.29, 1.82) is 0 Å². The fourth-order valence-electron chi connectivity index (χ4n) is 3.08. The molecule has 0 unspecified atom stereocenters. The van der Waals surface area contributed by atoms with Gasteiger partial charge in [-0.25, -0.2) is 0 Å². The van der Waals surface area contributed by atoms with Gasteiger partial charge in [0.25, 0.3) is 5.91 Å². The largest absolute Gasteiger partial charge is 0.360 e. The standard InChI is InChI=1S/C23H17ClN2O2/c24-18-9-6-15(7-10-18)13-26-23(28)20-14-25-21-11-8-17(12-19(21)22(20)27)16-4-2-1-3-5-16/h1-12,14H,13H2,(H,25,27)(H,26,28). The lowest BCUT2D eigenvalue weighted by atomic mass is 10.0. The zero-order valence-electron chi connectivity index (χ0n) is 14.9. The van der Waals surface area contributed by atoms with Crippen LogP contribution in [0.4, 0.5) is 0 Å². The van der Waals surface area contributed by atoms with Crippen molar-refractivity contribution in [1.82, 2.24) is 10.3 Å². The number of amides is 1. The Kier molecular flexibility index (Phi) is 4.96. The molecule has 0 aliphatic carbocycles. The number of halogens is 1. The lowest BCUT2D eigenvalue weighted by Gasteiger charge is -2.08. The van der Waals surface area contributed by atoms with Crippen LogP contribution in [0.3, 0.4) is 0 Å². The maximum absolute atomic E-state index is 12.9. The van der Waals surface area contributed by atoms with Crippen molar-refractivity contribution in [2.75, 3.05) is 0 Å². The van der Waals surface area contributed by atoms with Crippen LogP contribution < -0.4 is 10.7 Å². The van der Waals surface area contributed by atoms with Crippen molar-refractivity contribution in [3.05, 3.63) is 105 Å². The highest BCUT2D eigenvalue weighted by molar-refractivity contribution is 6.30. The summed E-state index contributed by atoms with van der Waals surface area (Å²) in [5.74, 6) is -0.414. The van der Waals surface area contributed by atoms with Crippen LogP contribution in [-0.4, -0.2) is 10.9 Å². The average molecular weight is 389 g/mol. The van der Waals surface area contributed by atoms with Gasteiger partial charge in [0.15, 0.2) is 0 Å². The Balaban J connectivity index is 1.63. The summed E-state index contributed by atoms with van der Waals surface area (Å²) in [5, 5.41) is 3.91. The molecule has 2 N–H and O–H groups in total. The molecular formula is C23H17ClN2O2. The molecule has 5 heteroatoms. The van der Waals surface area contributed by atoms with Gasteiger partial charge in [-0.3, -0.25) is 9.59 Å². The predicted molar refractivity (Wildman–Crippen MR) is 113 cm³/mol. The SMILES string of the molecule is O=C(NCc1ccc(Cl)cc1)c1c[nH]c2ccc(-c3ccccc3)cc2c1=O. The van der Waals surface area contributed by atoms with Crippen LogP contribution >= 0.6 is 11.6 Å². The lowest BCUT2D eigenvalue weighted by molar-refractivity contribution is 0.0949. The van der Waals surface area contributed by atoms with Crippen molar-refractivity contribution in [3.8, 4) is 11.1 Å². The summed E-state index contributed by atoms with van der Waals surface area (Å²) in [7, 11) is 0. The molecule has 0 fully saturated rings. The Bertz CT molecular complexity index is 1200. The maximum atomic E-state index is 12.9. The van der Waals surface area contributed by atoms with E-state index in [0.717, 1.165) is 16.7 Å². The minimum absolute atomic E-state index is 0.0895. The second-order valence-electron chi connectivity index (χ2n) is 6.47. The average Bonchev–Trinajstić information content (AvgIpc) is 2.74. The minimum atomic E-state index is -0.414. The first-order valence-electron chi connectivity index (χ1n) is 8.85. The van der Waals surface area contributed by atoms with Crippen LogP contribution in [0.5, 0.6) is 0 Å². The molecule has 0 saturated carbocycles. The molecule has 28 heavy (non-hydrogen) atoms. The number of fused-ring (bicyclic) bond motifs is 1. The monoisotopic (exact) mass is 388 g/mol. The highest BCUT2D eigenvalue weighted by Crippen LogP contribution is 2.22. The van der Waals surface area contributed by atoms with Gasteiger partial charge in [0.1, 0.15) is 5.56 Å². The molecule has 1 amide bonds. The van der Waals surface area contributed by atoms with Crippen LogP contribution in [0.25, 0.3) is 22.0 Å². The number of hydrogen-bond acceptors (Lipinski definition) is 2. The van der Waals surface area contributed by atoms with Crippen LogP contribution in [-0.2, 0) is 6.54 Å². The molecule has 4 nitrogen and oxygen atoms in total. The van der Waals surface area contributed by atoms with E-state index in [2.05, 4.69) is 10.3 Å². The molecule has 0 saturated heterocycles. The maximum Gasteiger partial charge on any atom is 0.257 e. The summed E-state index contributed by atoms with van der Waals surface area (Å²) < 4.78 is 0. The van der Waals surface area contributed by atoms with Gasteiger partial charge in [-0.15, -0.1) is 0 Å². The van der Waals surface area contributed by atoms with E-state index in [1.54, 1.807) is 12.1 Å². The van der Waals surface area contributed by atoms with Gasteiger partial charge in [-0.1, -0.05) is 60.1 Å². The Labute approximate surface area is 166 Å². The summed E-state index contributed by atoms with van der Waals surface area (Å²) in [6.45, 7) is 0.317. The first-order valence-corrected chi connectivity index (χ1v) is 9.23. The summed E-state index contributed by atoms with van der Waals surface area (Å²) in [6, 6.07) is 22.6. The van der Waals surface area contributed by atoms with Crippen LogP contribution in [0, 0.1) is 0 Å². The van der Waals surface area contributed by atoms with Crippen molar-refractivity contribution < 1.29 is 4.79 Å². The zero-order chi connectivity index (χ0) is 19.5. The van der Waals surface area contributed by atoms with E-state index in [0.29, 0.717) is 22.5 Å². The number of hydrogen-bond donors (Lipinski definition) is 2. The molecule has 0 radical (unpaired) electrons. The Morgan fingerprint density at radius 1 is 0.929 bits per heavy atom. The zero-order valence-corrected chi connectivity index (χ0v) is 15.7. The molecule has 4 aromatic rings. The highest BCUT2D eigenvalue weighted by atomic mass is 35.5. The summed E-state index contributed by atoms with van der Waals surface area (Å²) in [4.78, 5) is 28.5. The first-order chi connectivity index (χ1) is 13.6. The van der Waals surface area contributed by atoms with E-state index < -0.39 is 5.91 Å². The topological polar surface area (TPSA) is 62.0 Å². The Morgan fingerprint density at radius 2 is 1.68 bits per heavy atom. The fraction of sp³-hybridized carbons (Fsp3) is 0.0435. The molecule has 1 aromatic heterocycles. The fourth-order valence-corrected chi connectivity index (χ4v) is 3.20. The van der Waals surface area contributed by atoms with Gasteiger partial charge in [-0.05, 0) is 41.0 Å². The predicted octanol–water partition coefficient (Wildman–Crippen LogP) is 4.78. The number of rotatable bonds is 4. The number of aromatic amines is 1. The van der Waals surface area contributed by atoms with E-state index in [4.69, 9.17) is 11.6 Å². The number of carbonyl (C=O) groups is 1. The van der Waals surface area contributed by atoms with Crippen molar-refractivity contribution in [3.63, 3.8) is 0 Å². The molecule has 138 valence electrons. The molecular weight excluding hydrogens is 372 g/mol. The van der Waals surface area contributed by atoms with Crippen molar-refractivity contribution in [2.24, 2.45) is 0 Å². The smallest absolute Gasteiger partial charge is 0.257 e. The van der Waals surface area contributed by atoms with Gasteiger partial charge in [0.05, 0.1) is 0 Å².